The lowest BCUT2D eigenvalue weighted by molar-refractivity contribution is -0.141. The van der Waals surface area contributed by atoms with Crippen molar-refractivity contribution in [3.05, 3.63) is 52.2 Å². The number of nitrogens with zero attached hydrogens (tertiary/aromatic N) is 3. The van der Waals surface area contributed by atoms with E-state index in [0.29, 0.717) is 24.4 Å². The molecule has 1 atom stereocenters. The highest BCUT2D eigenvalue weighted by Gasteiger charge is 2.38. The van der Waals surface area contributed by atoms with E-state index in [0.717, 1.165) is 48.2 Å². The highest BCUT2D eigenvalue weighted by Crippen LogP contribution is 2.45. The van der Waals surface area contributed by atoms with Crippen molar-refractivity contribution in [2.75, 3.05) is 11.4 Å². The van der Waals surface area contributed by atoms with Gasteiger partial charge in [-0.25, -0.2) is 14.4 Å². The topological polar surface area (TPSA) is 44.8 Å². The molecule has 1 saturated carbocycles. The van der Waals surface area contributed by atoms with E-state index in [1.807, 2.05) is 4.90 Å². The van der Waals surface area contributed by atoms with Crippen molar-refractivity contribution in [3.8, 4) is 0 Å². The van der Waals surface area contributed by atoms with Crippen LogP contribution in [0, 0.1) is 11.7 Å². The molecular weight excluding hydrogens is 408 g/mol. The highest BCUT2D eigenvalue weighted by atomic mass is 35.5. The number of halogens is 5. The molecule has 0 amide bonds. The molecule has 3 heterocycles. The van der Waals surface area contributed by atoms with Crippen LogP contribution in [0.3, 0.4) is 0 Å². The van der Waals surface area contributed by atoms with Gasteiger partial charge in [0.05, 0.1) is 11.1 Å². The van der Waals surface area contributed by atoms with E-state index in [9.17, 15) is 17.6 Å². The minimum Gasteiger partial charge on any atom is -0.356 e. The van der Waals surface area contributed by atoms with E-state index in [1.54, 1.807) is 6.07 Å². The molecule has 1 aromatic carbocycles. The van der Waals surface area contributed by atoms with Crippen LogP contribution in [0.4, 0.5) is 23.5 Å². The summed E-state index contributed by atoms with van der Waals surface area (Å²) in [7, 11) is 0. The fourth-order valence-electron chi connectivity index (χ4n) is 4.16. The van der Waals surface area contributed by atoms with Crippen molar-refractivity contribution in [3.63, 3.8) is 0 Å². The van der Waals surface area contributed by atoms with Gasteiger partial charge >= 0.3 is 6.18 Å². The van der Waals surface area contributed by atoms with Gasteiger partial charge in [0.15, 0.2) is 0 Å². The number of nitrogens with one attached hydrogen (secondary N) is 1. The molecule has 9 heteroatoms. The van der Waals surface area contributed by atoms with Crippen LogP contribution in [-0.4, -0.2) is 21.5 Å². The monoisotopic (exact) mass is 424 g/mol. The largest absolute Gasteiger partial charge is 0.433 e. The van der Waals surface area contributed by atoms with Crippen LogP contribution in [0.5, 0.6) is 0 Å². The summed E-state index contributed by atoms with van der Waals surface area (Å²) in [5.74, 6) is 0.0829. The van der Waals surface area contributed by atoms with Crippen LogP contribution in [0.2, 0.25) is 5.02 Å². The van der Waals surface area contributed by atoms with Gasteiger partial charge in [0.25, 0.3) is 0 Å². The Kier molecular flexibility index (Phi) is 4.24. The van der Waals surface area contributed by atoms with Crippen molar-refractivity contribution in [1.82, 2.24) is 15.0 Å². The van der Waals surface area contributed by atoms with E-state index in [1.165, 1.54) is 6.07 Å². The smallest absolute Gasteiger partial charge is 0.356 e. The Bertz CT molecular complexity index is 1090. The minimum absolute atomic E-state index is 0.0571. The first-order valence-electron chi connectivity index (χ1n) is 9.47. The van der Waals surface area contributed by atoms with Crippen LogP contribution < -0.4 is 4.90 Å². The van der Waals surface area contributed by atoms with Crippen LogP contribution in [0.15, 0.2) is 24.4 Å². The van der Waals surface area contributed by atoms with Gasteiger partial charge in [-0.05, 0) is 42.5 Å². The van der Waals surface area contributed by atoms with Gasteiger partial charge in [0, 0.05) is 29.3 Å². The van der Waals surface area contributed by atoms with Crippen molar-refractivity contribution in [2.45, 2.75) is 37.9 Å². The Morgan fingerprint density at radius 3 is 2.76 bits per heavy atom. The Morgan fingerprint density at radius 2 is 2.03 bits per heavy atom. The molecule has 0 radical (unpaired) electrons. The second kappa shape index (κ2) is 6.58. The van der Waals surface area contributed by atoms with Crippen LogP contribution in [0.25, 0.3) is 10.9 Å². The normalized spacial score (nSPS) is 19.6. The third-order valence-corrected chi connectivity index (χ3v) is 6.03. The molecule has 2 aromatic heterocycles. The Hall–Kier alpha value is -2.35. The van der Waals surface area contributed by atoms with Crippen LogP contribution >= 0.6 is 11.6 Å². The molecule has 1 aliphatic carbocycles. The maximum Gasteiger partial charge on any atom is 0.433 e. The lowest BCUT2D eigenvalue weighted by Crippen LogP contribution is -2.37. The summed E-state index contributed by atoms with van der Waals surface area (Å²) < 4.78 is 53.4. The van der Waals surface area contributed by atoms with Crippen LogP contribution in [0.1, 0.15) is 42.3 Å². The lowest BCUT2D eigenvalue weighted by atomic mass is 9.94. The van der Waals surface area contributed by atoms with E-state index >= 15 is 0 Å². The van der Waals surface area contributed by atoms with Gasteiger partial charge in [0.2, 0.25) is 5.95 Å². The molecule has 4 nitrogen and oxygen atoms in total. The zero-order chi connectivity index (χ0) is 20.3. The molecule has 1 aliphatic heterocycles. The Labute approximate surface area is 168 Å². The Morgan fingerprint density at radius 1 is 1.24 bits per heavy atom. The molecule has 2 aliphatic rings. The fourth-order valence-corrected chi connectivity index (χ4v) is 4.33. The summed E-state index contributed by atoms with van der Waals surface area (Å²) in [6, 6.07) is 3.67. The van der Waals surface area contributed by atoms with E-state index < -0.39 is 17.7 Å². The molecule has 3 aromatic rings. The third kappa shape index (κ3) is 3.33. The highest BCUT2D eigenvalue weighted by molar-refractivity contribution is 6.31. The first-order chi connectivity index (χ1) is 13.8. The number of aromatic amines is 1. The molecule has 29 heavy (non-hydrogen) atoms. The van der Waals surface area contributed by atoms with Gasteiger partial charge in [-0.2, -0.15) is 13.2 Å². The summed E-state index contributed by atoms with van der Waals surface area (Å²) in [6.45, 7) is 0.480. The first kappa shape index (κ1) is 18.7. The number of alkyl halides is 3. The maximum atomic E-state index is 13.9. The van der Waals surface area contributed by atoms with E-state index in [4.69, 9.17) is 11.6 Å². The number of hydrogen-bond donors (Lipinski definition) is 1. The number of anilines is 1. The van der Waals surface area contributed by atoms with Crippen LogP contribution in [-0.2, 0) is 12.6 Å². The Balaban J connectivity index is 1.60. The zero-order valence-corrected chi connectivity index (χ0v) is 16.0. The van der Waals surface area contributed by atoms with E-state index in [-0.39, 0.29) is 17.0 Å². The first-order valence-corrected chi connectivity index (χ1v) is 9.85. The second-order valence-electron chi connectivity index (χ2n) is 7.71. The minimum atomic E-state index is -4.53. The van der Waals surface area contributed by atoms with E-state index in [2.05, 4.69) is 15.0 Å². The quantitative estimate of drug-likeness (QED) is 0.551. The molecular formula is C20H17ClF4N4. The molecule has 152 valence electrons. The number of benzene rings is 1. The summed E-state index contributed by atoms with van der Waals surface area (Å²) in [5.41, 5.74) is 1.62. The van der Waals surface area contributed by atoms with Gasteiger partial charge < -0.3 is 9.88 Å². The number of fused-ring (bicyclic) bond motifs is 3. The SMILES string of the molecule is Fc1cc2[nH]c3c(c2cc1Cl)CCN(c1nccc(C(F)(F)F)n1)C3CC1CC1. The predicted octanol–water partition coefficient (Wildman–Crippen LogP) is 5.67. The van der Waals surface area contributed by atoms with Crippen molar-refractivity contribution >= 4 is 28.5 Å². The summed E-state index contributed by atoms with van der Waals surface area (Å²) in [4.78, 5) is 13.1. The summed E-state index contributed by atoms with van der Waals surface area (Å²) in [6.07, 6.45) is 0.191. The average molecular weight is 425 g/mol. The number of rotatable bonds is 3. The van der Waals surface area contributed by atoms with Gasteiger partial charge in [-0.15, -0.1) is 0 Å². The third-order valence-electron chi connectivity index (χ3n) is 5.74. The number of H-pyrrole nitrogens is 1. The van der Waals surface area contributed by atoms with Gasteiger partial charge in [0.1, 0.15) is 11.5 Å². The molecule has 0 spiro atoms. The standard InChI is InChI=1S/C20H17ClF4N4/c21-13-8-12-11-4-6-29(19-26-5-3-17(28-19)20(23,24)25)16(7-10-1-2-10)18(11)27-15(12)9-14(13)22/h3,5,8-10,16,27H,1-2,4,6-7H2. The summed E-state index contributed by atoms with van der Waals surface area (Å²) >= 11 is 5.98. The van der Waals surface area contributed by atoms with Crippen molar-refractivity contribution in [1.29, 1.82) is 0 Å². The number of hydrogen-bond acceptors (Lipinski definition) is 3. The maximum absolute atomic E-state index is 13.9. The van der Waals surface area contributed by atoms with Crippen molar-refractivity contribution < 1.29 is 17.6 Å². The van der Waals surface area contributed by atoms with Gasteiger partial charge in [-0.3, -0.25) is 0 Å². The summed E-state index contributed by atoms with van der Waals surface area (Å²) in [5, 5.41) is 0.915. The zero-order valence-electron chi connectivity index (χ0n) is 15.2. The molecule has 0 bridgehead atoms. The predicted molar refractivity (Wildman–Crippen MR) is 101 cm³/mol. The second-order valence-corrected chi connectivity index (χ2v) is 8.11. The molecule has 5 rings (SSSR count). The molecule has 1 fully saturated rings. The fraction of sp³-hybridized carbons (Fsp3) is 0.400. The van der Waals surface area contributed by atoms with Crippen molar-refractivity contribution in [2.24, 2.45) is 5.92 Å². The molecule has 1 N–H and O–H groups in total. The van der Waals surface area contributed by atoms with Gasteiger partial charge in [-0.1, -0.05) is 24.4 Å². The average Bonchev–Trinajstić information content (AvgIpc) is 3.42. The lowest BCUT2D eigenvalue weighted by Gasteiger charge is -2.36. The number of aromatic nitrogens is 3. The molecule has 0 saturated heterocycles. The molecule has 1 unspecified atom stereocenters.